The number of carbonyl (C=O) groups is 1. The first-order chi connectivity index (χ1) is 8.75. The first-order valence-electron chi connectivity index (χ1n) is 5.74. The Hall–Kier alpha value is -1.81. The van der Waals surface area contributed by atoms with E-state index in [4.69, 9.17) is 11.6 Å². The van der Waals surface area contributed by atoms with Gasteiger partial charge in [0.1, 0.15) is 5.82 Å². The van der Waals surface area contributed by atoms with Crippen LogP contribution >= 0.6 is 11.6 Å². The van der Waals surface area contributed by atoms with E-state index in [1.807, 2.05) is 24.3 Å². The van der Waals surface area contributed by atoms with Gasteiger partial charge < -0.3 is 10.3 Å². The number of nitrogens with one attached hydrogen (secondary N) is 2. The standard InChI is InChI=1S/C13H14ClN3O/c14-11-4-2-1-3-10(11)5-6-13(18)17-9-12-15-7-8-16-12/h1-4,7-8H,5-6,9H2,(H,15,16)(H,17,18). The van der Waals surface area contributed by atoms with Gasteiger partial charge in [-0.2, -0.15) is 0 Å². The molecule has 0 fully saturated rings. The molecule has 0 saturated heterocycles. The highest BCUT2D eigenvalue weighted by atomic mass is 35.5. The van der Waals surface area contributed by atoms with Crippen LogP contribution < -0.4 is 5.32 Å². The van der Waals surface area contributed by atoms with Crippen LogP contribution in [0.3, 0.4) is 0 Å². The number of nitrogens with zero attached hydrogens (tertiary/aromatic N) is 1. The Bertz CT molecular complexity index is 511. The normalized spacial score (nSPS) is 10.3. The quantitative estimate of drug-likeness (QED) is 0.870. The van der Waals surface area contributed by atoms with Crippen molar-refractivity contribution >= 4 is 17.5 Å². The van der Waals surface area contributed by atoms with E-state index in [0.717, 1.165) is 11.4 Å². The first-order valence-corrected chi connectivity index (χ1v) is 6.12. The third kappa shape index (κ3) is 3.60. The lowest BCUT2D eigenvalue weighted by molar-refractivity contribution is -0.121. The molecule has 0 aliphatic carbocycles. The number of carbonyl (C=O) groups excluding carboxylic acids is 1. The van der Waals surface area contributed by atoms with Crippen molar-refractivity contribution in [2.24, 2.45) is 0 Å². The van der Waals surface area contributed by atoms with E-state index in [1.54, 1.807) is 12.4 Å². The zero-order chi connectivity index (χ0) is 12.8. The van der Waals surface area contributed by atoms with Crippen molar-refractivity contribution in [3.63, 3.8) is 0 Å². The molecule has 0 bridgehead atoms. The van der Waals surface area contributed by atoms with Crippen molar-refractivity contribution in [3.8, 4) is 0 Å². The molecule has 1 aromatic heterocycles. The minimum absolute atomic E-state index is 0.00804. The van der Waals surface area contributed by atoms with E-state index < -0.39 is 0 Å². The maximum Gasteiger partial charge on any atom is 0.220 e. The maximum atomic E-state index is 11.6. The molecule has 1 amide bonds. The summed E-state index contributed by atoms with van der Waals surface area (Å²) in [5, 5.41) is 3.50. The highest BCUT2D eigenvalue weighted by Gasteiger charge is 2.05. The molecule has 2 N–H and O–H groups in total. The second-order valence-corrected chi connectivity index (χ2v) is 4.31. The average Bonchev–Trinajstić information content (AvgIpc) is 2.88. The molecule has 0 atom stereocenters. The zero-order valence-electron chi connectivity index (χ0n) is 9.82. The summed E-state index contributed by atoms with van der Waals surface area (Å²) < 4.78 is 0. The summed E-state index contributed by atoms with van der Waals surface area (Å²) in [4.78, 5) is 18.6. The highest BCUT2D eigenvalue weighted by molar-refractivity contribution is 6.31. The molecule has 0 saturated carbocycles. The molecule has 5 heteroatoms. The summed E-state index contributed by atoms with van der Waals surface area (Å²) in [7, 11) is 0. The van der Waals surface area contributed by atoms with E-state index >= 15 is 0 Å². The van der Waals surface area contributed by atoms with E-state index in [1.165, 1.54) is 0 Å². The van der Waals surface area contributed by atoms with Gasteiger partial charge in [0.25, 0.3) is 0 Å². The summed E-state index contributed by atoms with van der Waals surface area (Å²) in [6.07, 6.45) is 4.45. The minimum atomic E-state index is -0.00804. The minimum Gasteiger partial charge on any atom is -0.349 e. The van der Waals surface area contributed by atoms with Crippen LogP contribution in [0.25, 0.3) is 0 Å². The fourth-order valence-electron chi connectivity index (χ4n) is 1.61. The molecular formula is C13H14ClN3O. The van der Waals surface area contributed by atoms with Crippen LogP contribution in [-0.2, 0) is 17.8 Å². The zero-order valence-corrected chi connectivity index (χ0v) is 10.6. The van der Waals surface area contributed by atoms with Gasteiger partial charge in [0, 0.05) is 23.8 Å². The predicted octanol–water partition coefficient (Wildman–Crippen LogP) is 2.31. The molecule has 1 aromatic carbocycles. The third-order valence-electron chi connectivity index (χ3n) is 2.59. The van der Waals surface area contributed by atoms with E-state index in [-0.39, 0.29) is 5.91 Å². The van der Waals surface area contributed by atoms with Gasteiger partial charge in [0.2, 0.25) is 5.91 Å². The van der Waals surface area contributed by atoms with Gasteiger partial charge in [-0.15, -0.1) is 0 Å². The average molecular weight is 264 g/mol. The summed E-state index contributed by atoms with van der Waals surface area (Å²) in [5.41, 5.74) is 0.993. The van der Waals surface area contributed by atoms with Gasteiger partial charge >= 0.3 is 0 Å². The Morgan fingerprint density at radius 1 is 1.39 bits per heavy atom. The van der Waals surface area contributed by atoms with Crippen molar-refractivity contribution in [2.45, 2.75) is 19.4 Å². The molecule has 0 unspecified atom stereocenters. The molecule has 4 nitrogen and oxygen atoms in total. The number of H-pyrrole nitrogens is 1. The lowest BCUT2D eigenvalue weighted by Gasteiger charge is -2.05. The molecule has 1 heterocycles. The Morgan fingerprint density at radius 3 is 2.94 bits per heavy atom. The Kier molecular flexibility index (Phi) is 4.36. The highest BCUT2D eigenvalue weighted by Crippen LogP contribution is 2.16. The predicted molar refractivity (Wildman–Crippen MR) is 70.2 cm³/mol. The molecule has 94 valence electrons. The number of rotatable bonds is 5. The summed E-state index contributed by atoms with van der Waals surface area (Å²) >= 11 is 6.02. The lowest BCUT2D eigenvalue weighted by atomic mass is 10.1. The Morgan fingerprint density at radius 2 is 2.22 bits per heavy atom. The number of hydrogen-bond acceptors (Lipinski definition) is 2. The summed E-state index contributed by atoms with van der Waals surface area (Å²) in [5.74, 6) is 0.743. The maximum absolute atomic E-state index is 11.6. The largest absolute Gasteiger partial charge is 0.349 e. The van der Waals surface area contributed by atoms with Crippen LogP contribution in [-0.4, -0.2) is 15.9 Å². The fourth-order valence-corrected chi connectivity index (χ4v) is 1.84. The van der Waals surface area contributed by atoms with Gasteiger partial charge in [-0.3, -0.25) is 4.79 Å². The number of amides is 1. The van der Waals surface area contributed by atoms with E-state index in [2.05, 4.69) is 15.3 Å². The summed E-state index contributed by atoms with van der Waals surface area (Å²) in [6, 6.07) is 7.56. The monoisotopic (exact) mass is 263 g/mol. The van der Waals surface area contributed by atoms with Crippen molar-refractivity contribution in [1.29, 1.82) is 0 Å². The summed E-state index contributed by atoms with van der Waals surface area (Å²) in [6.45, 7) is 0.425. The van der Waals surface area contributed by atoms with Crippen molar-refractivity contribution < 1.29 is 4.79 Å². The van der Waals surface area contributed by atoms with E-state index in [9.17, 15) is 4.79 Å². The van der Waals surface area contributed by atoms with Crippen molar-refractivity contribution in [3.05, 3.63) is 53.1 Å². The molecule has 0 radical (unpaired) electrons. The topological polar surface area (TPSA) is 57.8 Å². The molecule has 0 aliphatic rings. The second-order valence-electron chi connectivity index (χ2n) is 3.90. The number of aromatic amines is 1. The number of hydrogen-bond donors (Lipinski definition) is 2. The van der Waals surface area contributed by atoms with Gasteiger partial charge in [0.05, 0.1) is 6.54 Å². The second kappa shape index (κ2) is 6.21. The molecule has 0 aliphatic heterocycles. The van der Waals surface area contributed by atoms with Crippen LogP contribution in [0.4, 0.5) is 0 Å². The number of aryl methyl sites for hydroxylation is 1. The number of imidazole rings is 1. The lowest BCUT2D eigenvalue weighted by Crippen LogP contribution is -2.23. The SMILES string of the molecule is O=C(CCc1ccccc1Cl)NCc1ncc[nH]1. The fraction of sp³-hybridized carbons (Fsp3) is 0.231. The molecule has 18 heavy (non-hydrogen) atoms. The molecule has 2 rings (SSSR count). The van der Waals surface area contributed by atoms with Crippen molar-refractivity contribution in [1.82, 2.24) is 15.3 Å². The van der Waals surface area contributed by atoms with Crippen molar-refractivity contribution in [2.75, 3.05) is 0 Å². The number of halogens is 1. The van der Waals surface area contributed by atoms with Crippen LogP contribution in [0.1, 0.15) is 17.8 Å². The van der Waals surface area contributed by atoms with Crippen LogP contribution in [0.15, 0.2) is 36.7 Å². The molecule has 0 spiro atoms. The third-order valence-corrected chi connectivity index (χ3v) is 2.96. The molecule has 2 aromatic rings. The van der Waals surface area contributed by atoms with Crippen LogP contribution in [0, 0.1) is 0 Å². The van der Waals surface area contributed by atoms with Crippen LogP contribution in [0.2, 0.25) is 5.02 Å². The smallest absolute Gasteiger partial charge is 0.220 e. The number of benzene rings is 1. The first kappa shape index (κ1) is 12.6. The van der Waals surface area contributed by atoms with Gasteiger partial charge in [-0.05, 0) is 18.1 Å². The van der Waals surface area contributed by atoms with E-state index in [0.29, 0.717) is 24.4 Å². The number of aromatic nitrogens is 2. The van der Waals surface area contributed by atoms with Gasteiger partial charge in [0.15, 0.2) is 0 Å². The van der Waals surface area contributed by atoms with Crippen LogP contribution in [0.5, 0.6) is 0 Å². The Balaban J connectivity index is 1.77. The Labute approximate surface area is 110 Å². The molecular weight excluding hydrogens is 250 g/mol. The van der Waals surface area contributed by atoms with Gasteiger partial charge in [-0.25, -0.2) is 4.98 Å². The van der Waals surface area contributed by atoms with Gasteiger partial charge in [-0.1, -0.05) is 29.8 Å².